The van der Waals surface area contributed by atoms with Gasteiger partial charge >= 0.3 is 0 Å². The molecule has 2 heteroatoms. The second-order valence-electron chi connectivity index (χ2n) is 4.45. The van der Waals surface area contributed by atoms with E-state index in [0.29, 0.717) is 6.61 Å². The fraction of sp³-hybridized carbons (Fsp3) is 0.600. The minimum atomic E-state index is -0.212. The van der Waals surface area contributed by atoms with E-state index < -0.39 is 0 Å². The van der Waals surface area contributed by atoms with Gasteiger partial charge in [-0.25, -0.2) is 0 Å². The Labute approximate surface area is 105 Å². The Morgan fingerprint density at radius 3 is 2.53 bits per heavy atom. The Bertz CT molecular complexity index is 272. The summed E-state index contributed by atoms with van der Waals surface area (Å²) in [6, 6.07) is 9.75. The molecule has 0 aliphatic carbocycles. The molecule has 1 aromatic carbocycles. The number of unbranched alkanes of at least 4 members (excludes halogenated alkanes) is 3. The van der Waals surface area contributed by atoms with Crippen molar-refractivity contribution in [1.82, 2.24) is 0 Å². The zero-order valence-corrected chi connectivity index (χ0v) is 10.8. The number of rotatable bonds is 9. The van der Waals surface area contributed by atoms with E-state index in [1.165, 1.54) is 19.3 Å². The van der Waals surface area contributed by atoms with Crippen LogP contribution in [-0.2, 0) is 0 Å². The number of aliphatic hydroxyl groups is 1. The van der Waals surface area contributed by atoms with E-state index >= 15 is 0 Å². The lowest BCUT2D eigenvalue weighted by Crippen LogP contribution is -2.11. The maximum absolute atomic E-state index is 9.75. The molecule has 0 aliphatic heterocycles. The van der Waals surface area contributed by atoms with Gasteiger partial charge in [-0.3, -0.25) is 0 Å². The van der Waals surface area contributed by atoms with Crippen molar-refractivity contribution in [2.45, 2.75) is 51.6 Å². The summed E-state index contributed by atoms with van der Waals surface area (Å²) in [6.07, 6.45) is 6.28. The Morgan fingerprint density at radius 2 is 1.82 bits per heavy atom. The number of aliphatic hydroxyl groups excluding tert-OH is 1. The van der Waals surface area contributed by atoms with Crippen LogP contribution in [0.5, 0.6) is 5.75 Å². The van der Waals surface area contributed by atoms with Crippen molar-refractivity contribution in [2.24, 2.45) is 0 Å². The SMILES string of the molecule is CCCCCCC(O)CCOc1ccccc1. The van der Waals surface area contributed by atoms with Crippen molar-refractivity contribution in [1.29, 1.82) is 0 Å². The molecule has 0 fully saturated rings. The van der Waals surface area contributed by atoms with Crippen LogP contribution in [0, 0.1) is 0 Å². The molecule has 1 rings (SSSR count). The molecular formula is C15H24O2. The van der Waals surface area contributed by atoms with Crippen LogP contribution in [0.15, 0.2) is 30.3 Å². The molecule has 0 radical (unpaired) electrons. The van der Waals surface area contributed by atoms with Crippen molar-refractivity contribution in [2.75, 3.05) is 6.61 Å². The monoisotopic (exact) mass is 236 g/mol. The van der Waals surface area contributed by atoms with Gasteiger partial charge in [0.1, 0.15) is 5.75 Å². The lowest BCUT2D eigenvalue weighted by Gasteiger charge is -2.11. The number of hydrogen-bond acceptors (Lipinski definition) is 2. The van der Waals surface area contributed by atoms with Gasteiger partial charge in [-0.2, -0.15) is 0 Å². The van der Waals surface area contributed by atoms with E-state index in [1.54, 1.807) is 0 Å². The molecule has 0 saturated heterocycles. The molecule has 0 spiro atoms. The van der Waals surface area contributed by atoms with E-state index in [4.69, 9.17) is 4.74 Å². The first kappa shape index (κ1) is 14.0. The molecule has 96 valence electrons. The predicted molar refractivity (Wildman–Crippen MR) is 71.3 cm³/mol. The highest BCUT2D eigenvalue weighted by Crippen LogP contribution is 2.11. The second kappa shape index (κ2) is 9.06. The number of ether oxygens (including phenoxy) is 1. The number of benzene rings is 1. The molecule has 0 aliphatic rings. The fourth-order valence-corrected chi connectivity index (χ4v) is 1.78. The molecule has 0 saturated carbocycles. The van der Waals surface area contributed by atoms with E-state index in [0.717, 1.165) is 25.0 Å². The van der Waals surface area contributed by atoms with Crippen molar-refractivity contribution in [3.05, 3.63) is 30.3 Å². The fourth-order valence-electron chi connectivity index (χ4n) is 1.78. The topological polar surface area (TPSA) is 29.5 Å². The van der Waals surface area contributed by atoms with E-state index in [1.807, 2.05) is 30.3 Å². The van der Waals surface area contributed by atoms with Crippen molar-refractivity contribution in [3.8, 4) is 5.75 Å². The van der Waals surface area contributed by atoms with Crippen LogP contribution in [-0.4, -0.2) is 17.8 Å². The smallest absolute Gasteiger partial charge is 0.119 e. The van der Waals surface area contributed by atoms with Gasteiger partial charge in [0, 0.05) is 6.42 Å². The van der Waals surface area contributed by atoms with Crippen molar-refractivity contribution in [3.63, 3.8) is 0 Å². The van der Waals surface area contributed by atoms with Crippen LogP contribution < -0.4 is 4.74 Å². The molecular weight excluding hydrogens is 212 g/mol. The summed E-state index contributed by atoms with van der Waals surface area (Å²) < 4.78 is 5.54. The third-order valence-electron chi connectivity index (χ3n) is 2.85. The molecule has 1 unspecified atom stereocenters. The summed E-state index contributed by atoms with van der Waals surface area (Å²) >= 11 is 0. The summed E-state index contributed by atoms with van der Waals surface area (Å²) in [7, 11) is 0. The standard InChI is InChI=1S/C15H24O2/c1-2-3-4-6-9-14(16)12-13-17-15-10-7-5-8-11-15/h5,7-8,10-11,14,16H,2-4,6,9,12-13H2,1H3. The molecule has 1 atom stereocenters. The lowest BCUT2D eigenvalue weighted by molar-refractivity contribution is 0.128. The molecule has 17 heavy (non-hydrogen) atoms. The van der Waals surface area contributed by atoms with Crippen LogP contribution in [0.25, 0.3) is 0 Å². The Kier molecular flexibility index (Phi) is 7.48. The first-order valence-electron chi connectivity index (χ1n) is 6.69. The average molecular weight is 236 g/mol. The maximum Gasteiger partial charge on any atom is 0.119 e. The van der Waals surface area contributed by atoms with Crippen LogP contribution in [0.1, 0.15) is 45.4 Å². The van der Waals surface area contributed by atoms with Gasteiger partial charge < -0.3 is 9.84 Å². The van der Waals surface area contributed by atoms with Gasteiger partial charge in [0.15, 0.2) is 0 Å². The summed E-state index contributed by atoms with van der Waals surface area (Å²) in [5.41, 5.74) is 0. The van der Waals surface area contributed by atoms with E-state index in [9.17, 15) is 5.11 Å². The first-order chi connectivity index (χ1) is 8.33. The van der Waals surface area contributed by atoms with Crippen LogP contribution in [0.4, 0.5) is 0 Å². The first-order valence-corrected chi connectivity index (χ1v) is 6.69. The number of hydrogen-bond donors (Lipinski definition) is 1. The van der Waals surface area contributed by atoms with Crippen LogP contribution in [0.2, 0.25) is 0 Å². The minimum absolute atomic E-state index is 0.212. The van der Waals surface area contributed by atoms with Crippen LogP contribution in [0.3, 0.4) is 0 Å². The van der Waals surface area contributed by atoms with Gasteiger partial charge in [-0.05, 0) is 18.6 Å². The molecule has 1 N–H and O–H groups in total. The Balaban J connectivity index is 2.02. The van der Waals surface area contributed by atoms with E-state index in [-0.39, 0.29) is 6.10 Å². The van der Waals surface area contributed by atoms with Crippen molar-refractivity contribution < 1.29 is 9.84 Å². The Hall–Kier alpha value is -1.02. The van der Waals surface area contributed by atoms with Crippen LogP contribution >= 0.6 is 0 Å². The maximum atomic E-state index is 9.75. The molecule has 1 aromatic rings. The predicted octanol–water partition coefficient (Wildman–Crippen LogP) is 3.79. The normalized spacial score (nSPS) is 12.4. The Morgan fingerprint density at radius 1 is 1.06 bits per heavy atom. The third-order valence-corrected chi connectivity index (χ3v) is 2.85. The van der Waals surface area contributed by atoms with Gasteiger partial charge in [0.25, 0.3) is 0 Å². The zero-order chi connectivity index (χ0) is 12.3. The van der Waals surface area contributed by atoms with Gasteiger partial charge in [0.05, 0.1) is 12.7 Å². The number of para-hydroxylation sites is 1. The summed E-state index contributed by atoms with van der Waals surface area (Å²) in [5, 5.41) is 9.75. The molecule has 0 heterocycles. The zero-order valence-electron chi connectivity index (χ0n) is 10.8. The van der Waals surface area contributed by atoms with Crippen molar-refractivity contribution >= 4 is 0 Å². The summed E-state index contributed by atoms with van der Waals surface area (Å²) in [6.45, 7) is 2.79. The second-order valence-corrected chi connectivity index (χ2v) is 4.45. The van der Waals surface area contributed by atoms with Gasteiger partial charge in [0.2, 0.25) is 0 Å². The lowest BCUT2D eigenvalue weighted by atomic mass is 10.1. The molecule has 2 nitrogen and oxygen atoms in total. The summed E-state index contributed by atoms with van der Waals surface area (Å²) in [4.78, 5) is 0. The highest BCUT2D eigenvalue weighted by Gasteiger charge is 2.04. The molecule has 0 aromatic heterocycles. The van der Waals surface area contributed by atoms with Gasteiger partial charge in [-0.1, -0.05) is 50.8 Å². The molecule has 0 bridgehead atoms. The minimum Gasteiger partial charge on any atom is -0.493 e. The molecule has 0 amide bonds. The largest absolute Gasteiger partial charge is 0.493 e. The summed E-state index contributed by atoms with van der Waals surface area (Å²) in [5.74, 6) is 0.880. The highest BCUT2D eigenvalue weighted by molar-refractivity contribution is 5.20. The van der Waals surface area contributed by atoms with E-state index in [2.05, 4.69) is 6.92 Å². The quantitative estimate of drug-likeness (QED) is 0.661. The highest BCUT2D eigenvalue weighted by atomic mass is 16.5. The average Bonchev–Trinajstić information content (AvgIpc) is 2.36. The van der Waals surface area contributed by atoms with Gasteiger partial charge in [-0.15, -0.1) is 0 Å². The third kappa shape index (κ3) is 7.01.